The first kappa shape index (κ1) is 14.4. The molecule has 0 aliphatic carbocycles. The van der Waals surface area contributed by atoms with E-state index in [1.165, 1.54) is 13.8 Å². The largest absolute Gasteiger partial charge is 0.478 e. The SMILES string of the molecule is CC(C(=O)O)=C(C)C(=O)Nc1cccc(-c2nn[nH]n2)c1. The van der Waals surface area contributed by atoms with Crippen molar-refractivity contribution in [2.75, 3.05) is 5.32 Å². The molecule has 0 saturated heterocycles. The molecule has 0 unspecified atom stereocenters. The van der Waals surface area contributed by atoms with Gasteiger partial charge in [0.2, 0.25) is 5.82 Å². The van der Waals surface area contributed by atoms with Gasteiger partial charge in [-0.3, -0.25) is 4.79 Å². The number of carbonyl (C=O) groups is 2. The number of hydrogen-bond acceptors (Lipinski definition) is 5. The van der Waals surface area contributed by atoms with E-state index in [9.17, 15) is 9.59 Å². The van der Waals surface area contributed by atoms with Gasteiger partial charge in [0.05, 0.1) is 0 Å². The molecule has 108 valence electrons. The third kappa shape index (κ3) is 3.30. The van der Waals surface area contributed by atoms with Crippen molar-refractivity contribution >= 4 is 17.6 Å². The number of tetrazole rings is 1. The summed E-state index contributed by atoms with van der Waals surface area (Å²) in [6, 6.07) is 6.85. The van der Waals surface area contributed by atoms with Crippen LogP contribution in [0.3, 0.4) is 0 Å². The van der Waals surface area contributed by atoms with Crippen LogP contribution in [0.2, 0.25) is 0 Å². The first-order valence-corrected chi connectivity index (χ1v) is 6.05. The third-order valence-electron chi connectivity index (χ3n) is 2.95. The highest BCUT2D eigenvalue weighted by Gasteiger charge is 2.13. The number of amides is 1. The van der Waals surface area contributed by atoms with Crippen LogP contribution in [0, 0.1) is 0 Å². The summed E-state index contributed by atoms with van der Waals surface area (Å²) in [5.74, 6) is -1.19. The van der Waals surface area contributed by atoms with E-state index in [0.717, 1.165) is 0 Å². The number of aromatic amines is 1. The first-order valence-electron chi connectivity index (χ1n) is 6.05. The number of hydrogen-bond donors (Lipinski definition) is 3. The molecule has 0 saturated carbocycles. The van der Waals surface area contributed by atoms with Gasteiger partial charge < -0.3 is 10.4 Å². The molecule has 1 heterocycles. The number of nitrogens with zero attached hydrogens (tertiary/aromatic N) is 3. The van der Waals surface area contributed by atoms with Gasteiger partial charge in [0.25, 0.3) is 5.91 Å². The standard InChI is InChI=1S/C13H13N5O3/c1-7(8(2)13(20)21)12(19)14-10-5-3-4-9(6-10)11-15-17-18-16-11/h3-6H,1-2H3,(H,14,19)(H,20,21)(H,15,16,17,18). The van der Waals surface area contributed by atoms with Gasteiger partial charge in [-0.1, -0.05) is 12.1 Å². The van der Waals surface area contributed by atoms with Crippen LogP contribution in [0.4, 0.5) is 5.69 Å². The Bertz CT molecular complexity index is 706. The Morgan fingerprint density at radius 1 is 1.24 bits per heavy atom. The number of benzene rings is 1. The Hall–Kier alpha value is -3.03. The number of aromatic nitrogens is 4. The van der Waals surface area contributed by atoms with Crippen LogP contribution in [0.25, 0.3) is 11.4 Å². The molecule has 1 amide bonds. The summed E-state index contributed by atoms with van der Waals surface area (Å²) in [5.41, 5.74) is 1.34. The zero-order valence-corrected chi connectivity index (χ0v) is 11.4. The van der Waals surface area contributed by atoms with Crippen molar-refractivity contribution in [1.29, 1.82) is 0 Å². The maximum Gasteiger partial charge on any atom is 0.331 e. The lowest BCUT2D eigenvalue weighted by molar-refractivity contribution is -0.133. The molecule has 0 fully saturated rings. The van der Waals surface area contributed by atoms with E-state index >= 15 is 0 Å². The molecule has 0 atom stereocenters. The summed E-state index contributed by atoms with van der Waals surface area (Å²) in [7, 11) is 0. The lowest BCUT2D eigenvalue weighted by Crippen LogP contribution is -2.16. The molecule has 2 aromatic rings. The van der Waals surface area contributed by atoms with E-state index in [0.29, 0.717) is 17.1 Å². The van der Waals surface area contributed by atoms with Gasteiger partial charge in [-0.05, 0) is 31.2 Å². The van der Waals surface area contributed by atoms with Crippen LogP contribution in [-0.2, 0) is 9.59 Å². The molecule has 0 spiro atoms. The Morgan fingerprint density at radius 3 is 2.62 bits per heavy atom. The predicted octanol–water partition coefficient (Wildman–Crippen LogP) is 1.23. The number of aliphatic carboxylic acids is 1. The minimum Gasteiger partial charge on any atom is -0.478 e. The van der Waals surface area contributed by atoms with E-state index in [1.54, 1.807) is 24.3 Å². The van der Waals surface area contributed by atoms with E-state index in [-0.39, 0.29) is 11.1 Å². The van der Waals surface area contributed by atoms with Crippen LogP contribution in [-0.4, -0.2) is 37.6 Å². The van der Waals surface area contributed by atoms with Crippen LogP contribution >= 0.6 is 0 Å². The van der Waals surface area contributed by atoms with E-state index in [4.69, 9.17) is 5.11 Å². The number of carboxylic acid groups (broad SMARTS) is 1. The highest BCUT2D eigenvalue weighted by atomic mass is 16.4. The van der Waals surface area contributed by atoms with Gasteiger partial charge >= 0.3 is 5.97 Å². The maximum atomic E-state index is 12.0. The lowest BCUT2D eigenvalue weighted by Gasteiger charge is -2.07. The normalized spacial score (nSPS) is 11.7. The summed E-state index contributed by atoms with van der Waals surface area (Å²) in [5, 5.41) is 25.0. The molecule has 8 heteroatoms. The maximum absolute atomic E-state index is 12.0. The van der Waals surface area contributed by atoms with Crippen LogP contribution in [0.15, 0.2) is 35.4 Å². The molecule has 0 aliphatic rings. The van der Waals surface area contributed by atoms with E-state index < -0.39 is 11.9 Å². The number of H-pyrrole nitrogens is 1. The van der Waals surface area contributed by atoms with Crippen LogP contribution < -0.4 is 5.32 Å². The number of rotatable bonds is 4. The second-order valence-corrected chi connectivity index (χ2v) is 4.33. The minimum absolute atomic E-state index is 0.00169. The Morgan fingerprint density at radius 2 is 2.00 bits per heavy atom. The van der Waals surface area contributed by atoms with Crippen molar-refractivity contribution in [3.8, 4) is 11.4 Å². The first-order chi connectivity index (χ1) is 9.99. The number of nitrogens with one attached hydrogen (secondary N) is 2. The molecular weight excluding hydrogens is 274 g/mol. The fourth-order valence-electron chi connectivity index (χ4n) is 1.58. The Balaban J connectivity index is 2.21. The minimum atomic E-state index is -1.12. The summed E-state index contributed by atoms with van der Waals surface area (Å²) in [6.07, 6.45) is 0. The zero-order valence-electron chi connectivity index (χ0n) is 11.4. The predicted molar refractivity (Wildman–Crippen MR) is 74.3 cm³/mol. The molecule has 1 aromatic heterocycles. The van der Waals surface area contributed by atoms with Crippen molar-refractivity contribution in [3.63, 3.8) is 0 Å². The second-order valence-electron chi connectivity index (χ2n) is 4.33. The fourth-order valence-corrected chi connectivity index (χ4v) is 1.58. The van der Waals surface area contributed by atoms with E-state index in [2.05, 4.69) is 25.9 Å². The van der Waals surface area contributed by atoms with Crippen LogP contribution in [0.1, 0.15) is 13.8 Å². The molecule has 3 N–H and O–H groups in total. The topological polar surface area (TPSA) is 121 Å². The Kier molecular flexibility index (Phi) is 4.07. The molecule has 1 aromatic carbocycles. The smallest absolute Gasteiger partial charge is 0.331 e. The average Bonchev–Trinajstić information content (AvgIpc) is 3.00. The molecular formula is C13H13N5O3. The van der Waals surface area contributed by atoms with Gasteiger partial charge in [0, 0.05) is 22.4 Å². The summed E-state index contributed by atoms with van der Waals surface area (Å²) >= 11 is 0. The van der Waals surface area contributed by atoms with Crippen molar-refractivity contribution in [2.24, 2.45) is 0 Å². The Labute approximate surface area is 119 Å². The highest BCUT2D eigenvalue weighted by Crippen LogP contribution is 2.19. The molecule has 0 radical (unpaired) electrons. The number of anilines is 1. The molecule has 8 nitrogen and oxygen atoms in total. The van der Waals surface area contributed by atoms with Gasteiger partial charge in [0.15, 0.2) is 0 Å². The number of carboxylic acids is 1. The average molecular weight is 287 g/mol. The molecule has 0 bridgehead atoms. The van der Waals surface area contributed by atoms with Gasteiger partial charge in [-0.15, -0.1) is 10.2 Å². The third-order valence-corrected chi connectivity index (χ3v) is 2.95. The van der Waals surface area contributed by atoms with Crippen molar-refractivity contribution in [3.05, 3.63) is 35.4 Å². The number of carbonyl (C=O) groups excluding carboxylic acids is 1. The zero-order chi connectivity index (χ0) is 15.4. The monoisotopic (exact) mass is 287 g/mol. The van der Waals surface area contributed by atoms with E-state index in [1.807, 2.05) is 0 Å². The van der Waals surface area contributed by atoms with Crippen molar-refractivity contribution in [2.45, 2.75) is 13.8 Å². The summed E-state index contributed by atoms with van der Waals surface area (Å²) in [4.78, 5) is 22.8. The molecule has 2 rings (SSSR count). The lowest BCUT2D eigenvalue weighted by atomic mass is 10.1. The second kappa shape index (κ2) is 5.95. The van der Waals surface area contributed by atoms with Gasteiger partial charge in [-0.2, -0.15) is 5.21 Å². The van der Waals surface area contributed by atoms with Gasteiger partial charge in [0.1, 0.15) is 0 Å². The van der Waals surface area contributed by atoms with Gasteiger partial charge in [-0.25, -0.2) is 4.79 Å². The highest BCUT2D eigenvalue weighted by molar-refractivity contribution is 6.08. The van der Waals surface area contributed by atoms with Crippen molar-refractivity contribution in [1.82, 2.24) is 20.6 Å². The van der Waals surface area contributed by atoms with Crippen molar-refractivity contribution < 1.29 is 14.7 Å². The fraction of sp³-hybridized carbons (Fsp3) is 0.154. The summed E-state index contributed by atoms with van der Waals surface area (Å²) < 4.78 is 0. The molecule has 21 heavy (non-hydrogen) atoms. The molecule has 0 aliphatic heterocycles. The summed E-state index contributed by atoms with van der Waals surface area (Å²) in [6.45, 7) is 2.84. The quantitative estimate of drug-likeness (QED) is 0.727. The van der Waals surface area contributed by atoms with Crippen LogP contribution in [0.5, 0.6) is 0 Å².